The molecule has 1 amide bonds. The highest BCUT2D eigenvalue weighted by Crippen LogP contribution is 2.47. The van der Waals surface area contributed by atoms with Crippen molar-refractivity contribution in [2.75, 3.05) is 11.9 Å². The van der Waals surface area contributed by atoms with E-state index in [0.29, 0.717) is 25.0 Å². The fourth-order valence-corrected chi connectivity index (χ4v) is 3.92. The molecule has 1 aromatic rings. The normalized spacial score (nSPS) is 30.6. The van der Waals surface area contributed by atoms with Crippen LogP contribution in [0.15, 0.2) is 24.3 Å². The number of para-hydroxylation sites is 1. The number of amides is 1. The van der Waals surface area contributed by atoms with Gasteiger partial charge in [-0.25, -0.2) is 0 Å². The van der Waals surface area contributed by atoms with Crippen molar-refractivity contribution in [3.05, 3.63) is 29.8 Å². The Hall–Kier alpha value is -1.39. The van der Waals surface area contributed by atoms with Crippen LogP contribution in [0.3, 0.4) is 0 Å². The van der Waals surface area contributed by atoms with Gasteiger partial charge in [-0.15, -0.1) is 0 Å². The first kappa shape index (κ1) is 14.5. The molecule has 3 N–H and O–H groups in total. The zero-order chi connectivity index (χ0) is 14.8. The Kier molecular flexibility index (Phi) is 4.27. The molecule has 4 atom stereocenters. The molecule has 114 valence electrons. The second kappa shape index (κ2) is 6.16. The van der Waals surface area contributed by atoms with Crippen LogP contribution in [0.4, 0.5) is 5.69 Å². The van der Waals surface area contributed by atoms with Crippen LogP contribution in [0, 0.1) is 17.8 Å². The van der Waals surface area contributed by atoms with Crippen molar-refractivity contribution < 1.29 is 9.53 Å². The van der Waals surface area contributed by atoms with Crippen LogP contribution in [-0.4, -0.2) is 18.6 Å². The van der Waals surface area contributed by atoms with Gasteiger partial charge in [-0.05, 0) is 44.1 Å². The van der Waals surface area contributed by atoms with Gasteiger partial charge >= 0.3 is 0 Å². The Labute approximate surface area is 126 Å². The average Bonchev–Trinajstić information content (AvgIpc) is 3.07. The quantitative estimate of drug-likeness (QED) is 0.875. The van der Waals surface area contributed by atoms with E-state index < -0.39 is 0 Å². The Bertz CT molecular complexity index is 515. The van der Waals surface area contributed by atoms with Gasteiger partial charge in [-0.3, -0.25) is 4.79 Å². The van der Waals surface area contributed by atoms with Gasteiger partial charge in [0, 0.05) is 23.9 Å². The predicted molar refractivity (Wildman–Crippen MR) is 82.7 cm³/mol. The van der Waals surface area contributed by atoms with Crippen LogP contribution in [-0.2, 0) is 16.1 Å². The van der Waals surface area contributed by atoms with E-state index in [2.05, 4.69) is 5.32 Å². The molecule has 3 rings (SSSR count). The minimum absolute atomic E-state index is 0.0242. The molecule has 0 saturated heterocycles. The van der Waals surface area contributed by atoms with E-state index in [1.54, 1.807) is 0 Å². The van der Waals surface area contributed by atoms with Crippen LogP contribution >= 0.6 is 0 Å². The summed E-state index contributed by atoms with van der Waals surface area (Å²) in [5.41, 5.74) is 8.12. The highest BCUT2D eigenvalue weighted by Gasteiger charge is 2.49. The Morgan fingerprint density at radius 2 is 2.10 bits per heavy atom. The van der Waals surface area contributed by atoms with Crippen molar-refractivity contribution in [1.29, 1.82) is 0 Å². The molecule has 2 fully saturated rings. The molecule has 0 aromatic heterocycles. The number of hydrogen-bond donors (Lipinski definition) is 2. The van der Waals surface area contributed by atoms with Crippen LogP contribution in [0.5, 0.6) is 0 Å². The average molecular weight is 288 g/mol. The molecule has 1 aromatic carbocycles. The highest BCUT2D eigenvalue weighted by molar-refractivity contribution is 5.94. The summed E-state index contributed by atoms with van der Waals surface area (Å²) in [6.07, 6.45) is 3.47. The predicted octanol–water partition coefficient (Wildman–Crippen LogP) is 2.53. The van der Waals surface area contributed by atoms with Gasteiger partial charge in [0.25, 0.3) is 0 Å². The van der Waals surface area contributed by atoms with Crippen molar-refractivity contribution in [3.63, 3.8) is 0 Å². The van der Waals surface area contributed by atoms with Gasteiger partial charge in [0.2, 0.25) is 5.91 Å². The number of nitrogens with one attached hydrogen (secondary N) is 1. The maximum atomic E-state index is 12.6. The van der Waals surface area contributed by atoms with Crippen LogP contribution in [0.1, 0.15) is 31.7 Å². The second-order valence-corrected chi connectivity index (χ2v) is 6.22. The first-order valence-corrected chi connectivity index (χ1v) is 7.92. The zero-order valence-corrected chi connectivity index (χ0v) is 12.5. The SMILES string of the molecule is CCOCc1ccccc1NC(=O)C1C2CCC(C2)C1N. The van der Waals surface area contributed by atoms with Gasteiger partial charge in [0.15, 0.2) is 0 Å². The molecule has 2 aliphatic rings. The Morgan fingerprint density at radius 1 is 1.33 bits per heavy atom. The topological polar surface area (TPSA) is 64.3 Å². The zero-order valence-electron chi connectivity index (χ0n) is 12.5. The number of nitrogens with two attached hydrogens (primary N) is 1. The van der Waals surface area contributed by atoms with E-state index in [-0.39, 0.29) is 17.9 Å². The highest BCUT2D eigenvalue weighted by atomic mass is 16.5. The molecule has 2 aliphatic carbocycles. The number of ether oxygens (including phenoxy) is 1. The maximum Gasteiger partial charge on any atom is 0.229 e. The summed E-state index contributed by atoms with van der Waals surface area (Å²) in [4.78, 5) is 12.6. The third-order valence-electron chi connectivity index (χ3n) is 5.02. The number of carbonyl (C=O) groups is 1. The van der Waals surface area contributed by atoms with E-state index in [1.807, 2.05) is 31.2 Å². The molecule has 0 spiro atoms. The summed E-state index contributed by atoms with van der Waals surface area (Å²) in [7, 11) is 0. The number of rotatable bonds is 5. The van der Waals surface area contributed by atoms with E-state index >= 15 is 0 Å². The first-order chi connectivity index (χ1) is 10.2. The molecule has 0 radical (unpaired) electrons. The lowest BCUT2D eigenvalue weighted by Crippen LogP contribution is -2.42. The lowest BCUT2D eigenvalue weighted by atomic mass is 9.84. The van der Waals surface area contributed by atoms with Crippen molar-refractivity contribution in [2.45, 2.75) is 38.8 Å². The molecule has 4 nitrogen and oxygen atoms in total. The summed E-state index contributed by atoms with van der Waals surface area (Å²) in [6.45, 7) is 3.16. The van der Waals surface area contributed by atoms with Gasteiger partial charge in [-0.1, -0.05) is 18.2 Å². The standard InChI is InChI=1S/C17H24N2O2/c1-2-21-10-13-5-3-4-6-14(13)19-17(20)15-11-7-8-12(9-11)16(15)18/h3-6,11-12,15-16H,2,7-10,18H2,1H3,(H,19,20). The van der Waals surface area contributed by atoms with Crippen LogP contribution in [0.25, 0.3) is 0 Å². The fourth-order valence-electron chi connectivity index (χ4n) is 3.92. The molecular formula is C17H24N2O2. The second-order valence-electron chi connectivity index (χ2n) is 6.22. The minimum atomic E-state index is -0.0242. The Morgan fingerprint density at radius 3 is 2.81 bits per heavy atom. The summed E-state index contributed by atoms with van der Waals surface area (Å²) in [5.74, 6) is 1.08. The van der Waals surface area contributed by atoms with Gasteiger partial charge in [-0.2, -0.15) is 0 Å². The summed E-state index contributed by atoms with van der Waals surface area (Å²) < 4.78 is 5.46. The molecule has 4 unspecified atom stereocenters. The smallest absolute Gasteiger partial charge is 0.229 e. The van der Waals surface area contributed by atoms with Crippen LogP contribution < -0.4 is 11.1 Å². The van der Waals surface area contributed by atoms with Gasteiger partial charge in [0.05, 0.1) is 12.5 Å². The summed E-state index contributed by atoms with van der Waals surface area (Å²) >= 11 is 0. The van der Waals surface area contributed by atoms with E-state index in [4.69, 9.17) is 10.5 Å². The fraction of sp³-hybridized carbons (Fsp3) is 0.588. The number of carbonyl (C=O) groups excluding carboxylic acids is 1. The summed E-state index contributed by atoms with van der Waals surface area (Å²) in [5, 5.41) is 3.08. The lowest BCUT2D eigenvalue weighted by molar-refractivity contribution is -0.121. The lowest BCUT2D eigenvalue weighted by Gasteiger charge is -2.27. The molecule has 21 heavy (non-hydrogen) atoms. The third kappa shape index (κ3) is 2.83. The Balaban J connectivity index is 1.70. The maximum absolute atomic E-state index is 12.6. The molecule has 4 heteroatoms. The van der Waals surface area contributed by atoms with Crippen molar-refractivity contribution in [1.82, 2.24) is 0 Å². The molecule has 2 saturated carbocycles. The first-order valence-electron chi connectivity index (χ1n) is 7.92. The van der Waals surface area contributed by atoms with E-state index in [1.165, 1.54) is 6.42 Å². The monoisotopic (exact) mass is 288 g/mol. The number of fused-ring (bicyclic) bond motifs is 2. The van der Waals surface area contributed by atoms with Gasteiger partial charge < -0.3 is 15.8 Å². The van der Waals surface area contributed by atoms with Crippen molar-refractivity contribution >= 4 is 11.6 Å². The molecule has 2 bridgehead atoms. The van der Waals surface area contributed by atoms with Crippen LogP contribution in [0.2, 0.25) is 0 Å². The van der Waals surface area contributed by atoms with Crippen molar-refractivity contribution in [3.8, 4) is 0 Å². The molecular weight excluding hydrogens is 264 g/mol. The molecule has 0 aliphatic heterocycles. The molecule has 0 heterocycles. The number of benzene rings is 1. The minimum Gasteiger partial charge on any atom is -0.377 e. The third-order valence-corrected chi connectivity index (χ3v) is 5.02. The number of hydrogen-bond acceptors (Lipinski definition) is 3. The van der Waals surface area contributed by atoms with E-state index in [0.717, 1.165) is 24.1 Å². The van der Waals surface area contributed by atoms with E-state index in [9.17, 15) is 4.79 Å². The number of anilines is 1. The largest absolute Gasteiger partial charge is 0.377 e. The summed E-state index contributed by atoms with van der Waals surface area (Å²) in [6, 6.07) is 7.86. The van der Waals surface area contributed by atoms with Gasteiger partial charge in [0.1, 0.15) is 0 Å². The van der Waals surface area contributed by atoms with Crippen molar-refractivity contribution in [2.24, 2.45) is 23.5 Å².